The number of halogens is 3. The van der Waals surface area contributed by atoms with Gasteiger partial charge >= 0.3 is 0 Å². The highest BCUT2D eigenvalue weighted by Crippen LogP contribution is 2.26. The van der Waals surface area contributed by atoms with Crippen molar-refractivity contribution in [1.82, 2.24) is 9.55 Å². The van der Waals surface area contributed by atoms with Crippen LogP contribution in [-0.4, -0.2) is 9.55 Å². The van der Waals surface area contributed by atoms with E-state index in [4.69, 9.17) is 47.0 Å². The van der Waals surface area contributed by atoms with E-state index in [1.807, 2.05) is 34.9 Å². The zero-order valence-electron chi connectivity index (χ0n) is 9.45. The molecule has 0 aliphatic rings. The van der Waals surface area contributed by atoms with Gasteiger partial charge in [-0.25, -0.2) is 0 Å². The molecule has 0 spiro atoms. The number of nitrogens with zero attached hydrogens (tertiary/aromatic N) is 1. The number of rotatable bonds is 1. The van der Waals surface area contributed by atoms with Crippen molar-refractivity contribution in [3.8, 4) is 5.69 Å². The van der Waals surface area contributed by atoms with Crippen LogP contribution in [0.15, 0.2) is 36.4 Å². The maximum absolute atomic E-state index is 6.03. The highest BCUT2D eigenvalue weighted by Gasteiger charge is 2.08. The normalized spacial score (nSPS) is 11.1. The van der Waals surface area contributed by atoms with Crippen LogP contribution in [0, 0.1) is 4.77 Å². The Hall–Kier alpha value is -1.000. The number of nitrogens with one attached hydrogen (secondary N) is 1. The summed E-state index contributed by atoms with van der Waals surface area (Å²) in [4.78, 5) is 3.11. The number of benzene rings is 2. The molecule has 1 aromatic heterocycles. The molecule has 6 heteroatoms. The van der Waals surface area contributed by atoms with Crippen LogP contribution in [0.25, 0.3) is 16.7 Å². The summed E-state index contributed by atoms with van der Waals surface area (Å²) in [6, 6.07) is 10.8. The number of H-pyrrole nitrogens is 1. The van der Waals surface area contributed by atoms with E-state index >= 15 is 0 Å². The van der Waals surface area contributed by atoms with E-state index in [2.05, 4.69) is 4.98 Å². The van der Waals surface area contributed by atoms with E-state index in [-0.39, 0.29) is 0 Å². The van der Waals surface area contributed by atoms with Gasteiger partial charge in [-0.2, -0.15) is 0 Å². The standard InChI is InChI=1S/C13H7Cl3N2S/c14-7-1-2-12-11(6-7)17-13(19)18(12)10-4-8(15)3-9(16)5-10/h1-6H,(H,17,19). The van der Waals surface area contributed by atoms with Gasteiger partial charge in [0.25, 0.3) is 0 Å². The molecule has 1 heterocycles. The minimum Gasteiger partial charge on any atom is -0.330 e. The summed E-state index contributed by atoms with van der Waals surface area (Å²) in [6.45, 7) is 0. The second-order valence-electron chi connectivity index (χ2n) is 4.05. The van der Waals surface area contributed by atoms with Crippen molar-refractivity contribution in [2.75, 3.05) is 0 Å². The third kappa shape index (κ3) is 2.39. The van der Waals surface area contributed by atoms with E-state index in [0.29, 0.717) is 19.8 Å². The second kappa shape index (κ2) is 4.84. The third-order valence-electron chi connectivity index (χ3n) is 2.75. The van der Waals surface area contributed by atoms with Crippen molar-refractivity contribution in [2.45, 2.75) is 0 Å². The first-order valence-corrected chi connectivity index (χ1v) is 6.95. The first kappa shape index (κ1) is 13.0. The van der Waals surface area contributed by atoms with E-state index in [1.54, 1.807) is 6.07 Å². The fraction of sp³-hybridized carbons (Fsp3) is 0. The van der Waals surface area contributed by atoms with E-state index < -0.39 is 0 Å². The Morgan fingerprint density at radius 2 is 1.58 bits per heavy atom. The maximum Gasteiger partial charge on any atom is 0.182 e. The fourth-order valence-corrected chi connectivity index (χ4v) is 3.01. The number of aromatic nitrogens is 2. The van der Waals surface area contributed by atoms with Crippen molar-refractivity contribution in [2.24, 2.45) is 0 Å². The Morgan fingerprint density at radius 1 is 0.895 bits per heavy atom. The smallest absolute Gasteiger partial charge is 0.182 e. The Labute approximate surface area is 129 Å². The monoisotopic (exact) mass is 328 g/mol. The predicted octanol–water partition coefficient (Wildman–Crippen LogP) is 5.65. The molecular weight excluding hydrogens is 323 g/mol. The topological polar surface area (TPSA) is 20.7 Å². The van der Waals surface area contributed by atoms with Crippen LogP contribution < -0.4 is 0 Å². The summed E-state index contributed by atoms with van der Waals surface area (Å²) in [5, 5.41) is 1.78. The Bertz CT molecular complexity index is 815. The molecule has 0 saturated heterocycles. The van der Waals surface area contributed by atoms with Crippen molar-refractivity contribution < 1.29 is 0 Å². The number of hydrogen-bond donors (Lipinski definition) is 1. The first-order chi connectivity index (χ1) is 9.04. The molecule has 0 fully saturated rings. The molecule has 0 saturated carbocycles. The van der Waals surface area contributed by atoms with Crippen LogP contribution in [0.4, 0.5) is 0 Å². The van der Waals surface area contributed by atoms with Crippen LogP contribution in [0.2, 0.25) is 15.1 Å². The molecule has 0 unspecified atom stereocenters. The zero-order valence-corrected chi connectivity index (χ0v) is 12.5. The molecule has 0 bridgehead atoms. The second-order valence-corrected chi connectivity index (χ2v) is 5.75. The molecule has 96 valence electrons. The summed E-state index contributed by atoms with van der Waals surface area (Å²) in [5.41, 5.74) is 2.61. The lowest BCUT2D eigenvalue weighted by Gasteiger charge is -2.06. The Morgan fingerprint density at radius 3 is 2.26 bits per heavy atom. The molecule has 3 rings (SSSR count). The van der Waals surface area contributed by atoms with Gasteiger partial charge in [-0.1, -0.05) is 34.8 Å². The highest BCUT2D eigenvalue weighted by atomic mass is 35.5. The summed E-state index contributed by atoms with van der Waals surface area (Å²) in [5.74, 6) is 0. The molecule has 2 nitrogen and oxygen atoms in total. The third-order valence-corrected chi connectivity index (χ3v) is 3.71. The van der Waals surface area contributed by atoms with Gasteiger partial charge in [-0.05, 0) is 48.6 Å². The molecule has 0 atom stereocenters. The lowest BCUT2D eigenvalue weighted by atomic mass is 10.3. The van der Waals surface area contributed by atoms with Crippen molar-refractivity contribution in [3.05, 3.63) is 56.2 Å². The maximum atomic E-state index is 6.03. The molecule has 1 N–H and O–H groups in total. The fourth-order valence-electron chi connectivity index (χ4n) is 2.01. The summed E-state index contributed by atoms with van der Waals surface area (Å²) < 4.78 is 2.44. The summed E-state index contributed by atoms with van der Waals surface area (Å²) >= 11 is 23.4. The molecule has 0 aliphatic heterocycles. The lowest BCUT2D eigenvalue weighted by Crippen LogP contribution is -1.93. The van der Waals surface area contributed by atoms with Crippen LogP contribution >= 0.6 is 47.0 Å². The number of fused-ring (bicyclic) bond motifs is 1. The minimum absolute atomic E-state index is 0.563. The Balaban J connectivity index is 2.36. The van der Waals surface area contributed by atoms with Crippen LogP contribution in [0.1, 0.15) is 0 Å². The van der Waals surface area contributed by atoms with Crippen LogP contribution in [0.5, 0.6) is 0 Å². The number of hydrogen-bond acceptors (Lipinski definition) is 1. The average Bonchev–Trinajstić information content (AvgIpc) is 2.62. The van der Waals surface area contributed by atoms with Crippen molar-refractivity contribution in [1.29, 1.82) is 0 Å². The molecule has 0 aliphatic carbocycles. The molecule has 3 aromatic rings. The van der Waals surface area contributed by atoms with Gasteiger partial charge in [-0.3, -0.25) is 4.57 Å². The highest BCUT2D eigenvalue weighted by molar-refractivity contribution is 7.71. The van der Waals surface area contributed by atoms with Crippen molar-refractivity contribution >= 4 is 58.1 Å². The van der Waals surface area contributed by atoms with E-state index in [0.717, 1.165) is 16.7 Å². The van der Waals surface area contributed by atoms with Crippen LogP contribution in [-0.2, 0) is 0 Å². The van der Waals surface area contributed by atoms with Gasteiger partial charge in [-0.15, -0.1) is 0 Å². The van der Waals surface area contributed by atoms with E-state index in [9.17, 15) is 0 Å². The van der Waals surface area contributed by atoms with Gasteiger partial charge < -0.3 is 4.98 Å². The van der Waals surface area contributed by atoms with Gasteiger partial charge in [0.1, 0.15) is 0 Å². The molecule has 19 heavy (non-hydrogen) atoms. The van der Waals surface area contributed by atoms with Crippen molar-refractivity contribution in [3.63, 3.8) is 0 Å². The average molecular weight is 330 g/mol. The molecular formula is C13H7Cl3N2S. The molecule has 2 aromatic carbocycles. The van der Waals surface area contributed by atoms with Gasteiger partial charge in [0.2, 0.25) is 0 Å². The SMILES string of the molecule is S=c1[nH]c2cc(Cl)ccc2n1-c1cc(Cl)cc(Cl)c1. The number of aromatic amines is 1. The summed E-state index contributed by atoms with van der Waals surface area (Å²) in [7, 11) is 0. The zero-order chi connectivity index (χ0) is 13.6. The quantitative estimate of drug-likeness (QED) is 0.572. The lowest BCUT2D eigenvalue weighted by molar-refractivity contribution is 1.07. The minimum atomic E-state index is 0.563. The largest absolute Gasteiger partial charge is 0.330 e. The Kier molecular flexibility index (Phi) is 3.31. The predicted molar refractivity (Wildman–Crippen MR) is 83.5 cm³/mol. The van der Waals surface area contributed by atoms with Gasteiger partial charge in [0, 0.05) is 15.1 Å². The molecule has 0 radical (unpaired) electrons. The van der Waals surface area contributed by atoms with E-state index in [1.165, 1.54) is 0 Å². The molecule has 0 amide bonds. The first-order valence-electron chi connectivity index (χ1n) is 5.41. The summed E-state index contributed by atoms with van der Waals surface area (Å²) in [6.07, 6.45) is 0. The van der Waals surface area contributed by atoms with Gasteiger partial charge in [0.05, 0.1) is 16.7 Å². The number of imidazole rings is 1. The van der Waals surface area contributed by atoms with Gasteiger partial charge in [0.15, 0.2) is 4.77 Å². The van der Waals surface area contributed by atoms with Crippen LogP contribution in [0.3, 0.4) is 0 Å².